The van der Waals surface area contributed by atoms with Crippen molar-refractivity contribution in [3.63, 3.8) is 0 Å². The van der Waals surface area contributed by atoms with Gasteiger partial charge in [-0.15, -0.1) is 11.3 Å². The molecule has 0 saturated heterocycles. The fraction of sp³-hybridized carbons (Fsp3) is 0.143. The number of hydrogen-bond acceptors (Lipinski definition) is 4. The van der Waals surface area contributed by atoms with Gasteiger partial charge in [-0.3, -0.25) is 4.79 Å². The van der Waals surface area contributed by atoms with Crippen LogP contribution in [0.25, 0.3) is 10.2 Å². The number of thiophene rings is 1. The second kappa shape index (κ2) is 5.26. The van der Waals surface area contributed by atoms with Gasteiger partial charge < -0.3 is 9.72 Å². The molecular weight excluding hydrogens is 296 g/mol. The monoisotopic (exact) mass is 306 g/mol. The highest BCUT2D eigenvalue weighted by Crippen LogP contribution is 2.23. The zero-order valence-electron chi connectivity index (χ0n) is 10.6. The Morgan fingerprint density at radius 3 is 3.10 bits per heavy atom. The van der Waals surface area contributed by atoms with Crippen molar-refractivity contribution in [1.29, 1.82) is 0 Å². The normalized spacial score (nSPS) is 10.9. The van der Waals surface area contributed by atoms with E-state index in [9.17, 15) is 4.79 Å². The molecular formula is C14H11ClN2O2S. The van der Waals surface area contributed by atoms with Crippen LogP contribution in [0.1, 0.15) is 11.4 Å². The van der Waals surface area contributed by atoms with Gasteiger partial charge in [0.25, 0.3) is 5.56 Å². The lowest BCUT2D eigenvalue weighted by Crippen LogP contribution is -2.12. The van der Waals surface area contributed by atoms with E-state index in [-0.39, 0.29) is 12.2 Å². The van der Waals surface area contributed by atoms with Gasteiger partial charge in [0.1, 0.15) is 22.9 Å². The van der Waals surface area contributed by atoms with Crippen LogP contribution in [-0.4, -0.2) is 9.97 Å². The van der Waals surface area contributed by atoms with Crippen LogP contribution in [0.3, 0.4) is 0 Å². The van der Waals surface area contributed by atoms with Crippen LogP contribution in [0, 0.1) is 6.92 Å². The largest absolute Gasteiger partial charge is 0.485 e. The van der Waals surface area contributed by atoms with Gasteiger partial charge in [0.15, 0.2) is 0 Å². The van der Waals surface area contributed by atoms with E-state index in [1.165, 1.54) is 11.3 Å². The molecule has 3 rings (SSSR count). The minimum absolute atomic E-state index is 0.133. The number of fused-ring (bicyclic) bond motifs is 1. The van der Waals surface area contributed by atoms with E-state index in [0.29, 0.717) is 26.8 Å². The van der Waals surface area contributed by atoms with Crippen molar-refractivity contribution >= 4 is 33.2 Å². The van der Waals surface area contributed by atoms with E-state index < -0.39 is 0 Å². The Balaban J connectivity index is 1.86. The molecule has 0 bridgehead atoms. The maximum absolute atomic E-state index is 11.8. The molecule has 0 fully saturated rings. The molecule has 1 N–H and O–H groups in total. The highest BCUT2D eigenvalue weighted by molar-refractivity contribution is 7.17. The number of rotatable bonds is 3. The zero-order valence-corrected chi connectivity index (χ0v) is 12.2. The first-order valence-corrected chi connectivity index (χ1v) is 7.24. The van der Waals surface area contributed by atoms with E-state index in [1.54, 1.807) is 12.1 Å². The smallest absolute Gasteiger partial charge is 0.268 e. The summed E-state index contributed by atoms with van der Waals surface area (Å²) in [5, 5.41) is 2.46. The maximum atomic E-state index is 11.8. The van der Waals surface area contributed by atoms with Crippen molar-refractivity contribution in [2.24, 2.45) is 0 Å². The Morgan fingerprint density at radius 2 is 2.25 bits per heavy atom. The summed E-state index contributed by atoms with van der Waals surface area (Å²) in [4.78, 5) is 18.9. The summed E-state index contributed by atoms with van der Waals surface area (Å²) in [6, 6.07) is 7.26. The molecule has 0 atom stereocenters. The predicted octanol–water partition coefficient (Wildman–Crippen LogP) is 3.53. The van der Waals surface area contributed by atoms with E-state index in [2.05, 4.69) is 9.97 Å². The lowest BCUT2D eigenvalue weighted by atomic mass is 10.2. The molecule has 2 aromatic heterocycles. The van der Waals surface area contributed by atoms with Crippen molar-refractivity contribution in [3.8, 4) is 5.75 Å². The SMILES string of the molecule is Cc1ccc(Cl)cc1OCc1nc2ccsc2c(=O)[nH]1. The van der Waals surface area contributed by atoms with Crippen LogP contribution in [-0.2, 0) is 6.61 Å². The van der Waals surface area contributed by atoms with Gasteiger partial charge in [0, 0.05) is 5.02 Å². The quantitative estimate of drug-likeness (QED) is 0.805. The van der Waals surface area contributed by atoms with Crippen molar-refractivity contribution < 1.29 is 4.74 Å². The van der Waals surface area contributed by atoms with Crippen molar-refractivity contribution in [1.82, 2.24) is 9.97 Å². The van der Waals surface area contributed by atoms with Crippen molar-refractivity contribution in [2.75, 3.05) is 0 Å². The molecule has 1 aromatic carbocycles. The molecule has 0 radical (unpaired) electrons. The molecule has 0 unspecified atom stereocenters. The molecule has 0 amide bonds. The van der Waals surface area contributed by atoms with Crippen LogP contribution >= 0.6 is 22.9 Å². The van der Waals surface area contributed by atoms with Gasteiger partial charge in [0.2, 0.25) is 0 Å². The van der Waals surface area contributed by atoms with E-state index in [0.717, 1.165) is 5.56 Å². The molecule has 0 spiro atoms. The second-order valence-corrected chi connectivity index (χ2v) is 5.70. The van der Waals surface area contributed by atoms with E-state index >= 15 is 0 Å². The Labute approximate surface area is 124 Å². The van der Waals surface area contributed by atoms with Crippen molar-refractivity contribution in [2.45, 2.75) is 13.5 Å². The van der Waals surface area contributed by atoms with Gasteiger partial charge in [-0.1, -0.05) is 17.7 Å². The minimum Gasteiger partial charge on any atom is -0.485 e. The van der Waals surface area contributed by atoms with Gasteiger partial charge in [-0.2, -0.15) is 0 Å². The fourth-order valence-corrected chi connectivity index (χ4v) is 2.75. The summed E-state index contributed by atoms with van der Waals surface area (Å²) in [6.45, 7) is 2.13. The fourth-order valence-electron chi connectivity index (χ4n) is 1.87. The number of ether oxygens (including phenoxy) is 1. The predicted molar refractivity (Wildman–Crippen MR) is 80.8 cm³/mol. The summed E-state index contributed by atoms with van der Waals surface area (Å²) in [5.74, 6) is 1.19. The lowest BCUT2D eigenvalue weighted by Gasteiger charge is -2.08. The third-order valence-corrected chi connectivity index (χ3v) is 4.02. The molecule has 4 nitrogen and oxygen atoms in total. The topological polar surface area (TPSA) is 55.0 Å². The molecule has 0 aliphatic carbocycles. The number of benzene rings is 1. The first-order chi connectivity index (χ1) is 9.63. The standard InChI is InChI=1S/C14H11ClN2O2S/c1-8-2-3-9(15)6-11(8)19-7-12-16-10-4-5-20-13(10)14(18)17-12/h2-6H,7H2,1H3,(H,16,17,18). The van der Waals surface area contributed by atoms with Gasteiger partial charge >= 0.3 is 0 Å². The summed E-state index contributed by atoms with van der Waals surface area (Å²) in [6.07, 6.45) is 0. The van der Waals surface area contributed by atoms with Crippen LogP contribution < -0.4 is 10.3 Å². The Morgan fingerprint density at radius 1 is 1.40 bits per heavy atom. The van der Waals surface area contributed by atoms with E-state index in [1.807, 2.05) is 24.4 Å². The highest BCUT2D eigenvalue weighted by atomic mass is 35.5. The molecule has 2 heterocycles. The Bertz CT molecular complexity index is 825. The molecule has 102 valence electrons. The first-order valence-electron chi connectivity index (χ1n) is 5.99. The molecule has 0 aliphatic rings. The Kier molecular flexibility index (Phi) is 3.46. The van der Waals surface area contributed by atoms with Gasteiger partial charge in [0.05, 0.1) is 5.52 Å². The second-order valence-electron chi connectivity index (χ2n) is 4.35. The highest BCUT2D eigenvalue weighted by Gasteiger charge is 2.07. The molecule has 0 saturated carbocycles. The number of aromatic nitrogens is 2. The molecule has 3 aromatic rings. The lowest BCUT2D eigenvalue weighted by molar-refractivity contribution is 0.294. The number of halogens is 1. The maximum Gasteiger partial charge on any atom is 0.268 e. The average molecular weight is 307 g/mol. The molecule has 6 heteroatoms. The van der Waals surface area contributed by atoms with Crippen LogP contribution in [0.15, 0.2) is 34.4 Å². The van der Waals surface area contributed by atoms with Crippen LogP contribution in [0.2, 0.25) is 5.02 Å². The van der Waals surface area contributed by atoms with Crippen LogP contribution in [0.4, 0.5) is 0 Å². The summed E-state index contributed by atoms with van der Waals surface area (Å²) in [5.41, 5.74) is 1.54. The van der Waals surface area contributed by atoms with Crippen LogP contribution in [0.5, 0.6) is 5.75 Å². The summed E-state index contributed by atoms with van der Waals surface area (Å²) < 4.78 is 6.30. The minimum atomic E-state index is -0.133. The van der Waals surface area contributed by atoms with Gasteiger partial charge in [-0.05, 0) is 36.1 Å². The molecule has 20 heavy (non-hydrogen) atoms. The number of nitrogens with zero attached hydrogens (tertiary/aromatic N) is 1. The third-order valence-electron chi connectivity index (χ3n) is 2.88. The summed E-state index contributed by atoms with van der Waals surface area (Å²) >= 11 is 7.31. The first kappa shape index (κ1) is 13.1. The molecule has 0 aliphatic heterocycles. The number of aryl methyl sites for hydroxylation is 1. The zero-order chi connectivity index (χ0) is 14.1. The Hall–Kier alpha value is -1.85. The van der Waals surface area contributed by atoms with Gasteiger partial charge in [-0.25, -0.2) is 4.98 Å². The number of aromatic amines is 1. The van der Waals surface area contributed by atoms with E-state index in [4.69, 9.17) is 16.3 Å². The van der Waals surface area contributed by atoms with Crippen molar-refractivity contribution in [3.05, 3.63) is 56.4 Å². The third kappa shape index (κ3) is 2.55. The number of hydrogen-bond donors (Lipinski definition) is 1. The number of H-pyrrole nitrogens is 1. The summed E-state index contributed by atoms with van der Waals surface area (Å²) in [7, 11) is 0. The number of nitrogens with one attached hydrogen (secondary N) is 1. The average Bonchev–Trinajstić information content (AvgIpc) is 2.89.